The molecule has 0 aliphatic carbocycles. The van der Waals surface area contributed by atoms with Crippen molar-refractivity contribution < 1.29 is 8.42 Å². The molecule has 1 aromatic rings. The number of hydrogen-bond donors (Lipinski definition) is 1. The van der Waals surface area contributed by atoms with Crippen LogP contribution in [0.15, 0.2) is 35.2 Å². The highest BCUT2D eigenvalue weighted by Crippen LogP contribution is 2.22. The van der Waals surface area contributed by atoms with Crippen LogP contribution in [0.4, 0.5) is 0 Å². The molecule has 6 heteroatoms. The number of sulfonamides is 1. The molecule has 17 heavy (non-hydrogen) atoms. The molecule has 0 radical (unpaired) electrons. The molecule has 0 aliphatic heterocycles. The lowest BCUT2D eigenvalue weighted by atomic mass is 10.2. The number of benzene rings is 1. The maximum atomic E-state index is 11.8. The topological polar surface area (TPSA) is 70.0 Å². The summed E-state index contributed by atoms with van der Waals surface area (Å²) in [6.45, 7) is 5.46. The van der Waals surface area contributed by atoms with Crippen molar-refractivity contribution in [2.45, 2.75) is 11.8 Å². The van der Waals surface area contributed by atoms with Crippen LogP contribution in [-0.2, 0) is 10.0 Å². The molecule has 0 heterocycles. The van der Waals surface area contributed by atoms with Crippen molar-refractivity contribution in [1.82, 2.24) is 4.72 Å². The SMILES string of the molecule is C=C(C)CNS(=O)(=O)c1ccc(C#N)cc1Cl. The molecule has 0 aromatic heterocycles. The summed E-state index contributed by atoms with van der Waals surface area (Å²) in [6, 6.07) is 5.91. The minimum absolute atomic E-state index is 0.0262. The van der Waals surface area contributed by atoms with Gasteiger partial charge in [0.25, 0.3) is 0 Å². The number of halogens is 1. The summed E-state index contributed by atoms with van der Waals surface area (Å²) in [7, 11) is -3.66. The van der Waals surface area contributed by atoms with Crippen molar-refractivity contribution >= 4 is 21.6 Å². The maximum absolute atomic E-state index is 11.8. The first-order chi connectivity index (χ1) is 7.86. The van der Waals surface area contributed by atoms with E-state index in [1.165, 1.54) is 18.2 Å². The van der Waals surface area contributed by atoms with Gasteiger partial charge in [-0.2, -0.15) is 5.26 Å². The van der Waals surface area contributed by atoms with Crippen LogP contribution in [0.3, 0.4) is 0 Å². The van der Waals surface area contributed by atoms with Crippen molar-refractivity contribution in [2.24, 2.45) is 0 Å². The second kappa shape index (κ2) is 5.32. The quantitative estimate of drug-likeness (QED) is 0.852. The number of hydrogen-bond acceptors (Lipinski definition) is 3. The first kappa shape index (κ1) is 13.7. The van der Waals surface area contributed by atoms with Gasteiger partial charge in [-0.05, 0) is 25.1 Å². The van der Waals surface area contributed by atoms with Gasteiger partial charge in [-0.25, -0.2) is 13.1 Å². The lowest BCUT2D eigenvalue weighted by Crippen LogP contribution is -2.25. The largest absolute Gasteiger partial charge is 0.242 e. The third-order valence-electron chi connectivity index (χ3n) is 1.91. The molecule has 0 amide bonds. The summed E-state index contributed by atoms with van der Waals surface area (Å²) in [4.78, 5) is -0.0422. The van der Waals surface area contributed by atoms with Gasteiger partial charge in [0.15, 0.2) is 0 Å². The fourth-order valence-electron chi connectivity index (χ4n) is 1.08. The van der Waals surface area contributed by atoms with E-state index in [-0.39, 0.29) is 16.5 Å². The Kier molecular flexibility index (Phi) is 4.29. The van der Waals surface area contributed by atoms with Crippen molar-refractivity contribution in [3.8, 4) is 6.07 Å². The van der Waals surface area contributed by atoms with Crippen LogP contribution >= 0.6 is 11.6 Å². The van der Waals surface area contributed by atoms with E-state index >= 15 is 0 Å². The second-order valence-electron chi connectivity index (χ2n) is 3.54. The monoisotopic (exact) mass is 270 g/mol. The summed E-state index contributed by atoms with van der Waals surface area (Å²) in [5, 5.41) is 8.67. The molecular formula is C11H11ClN2O2S. The zero-order valence-electron chi connectivity index (χ0n) is 9.20. The van der Waals surface area contributed by atoms with Crippen molar-refractivity contribution in [1.29, 1.82) is 5.26 Å². The lowest BCUT2D eigenvalue weighted by Gasteiger charge is -2.08. The predicted molar refractivity (Wildman–Crippen MR) is 66.2 cm³/mol. The summed E-state index contributed by atoms with van der Waals surface area (Å²) in [6.07, 6.45) is 0. The average molecular weight is 271 g/mol. The molecule has 1 rings (SSSR count). The Morgan fingerprint density at radius 3 is 2.71 bits per heavy atom. The number of nitriles is 1. The third kappa shape index (κ3) is 3.56. The van der Waals surface area contributed by atoms with Gasteiger partial charge in [0.1, 0.15) is 4.90 Å². The van der Waals surface area contributed by atoms with E-state index < -0.39 is 10.0 Å². The average Bonchev–Trinajstić information content (AvgIpc) is 2.26. The van der Waals surface area contributed by atoms with E-state index in [9.17, 15) is 8.42 Å². The van der Waals surface area contributed by atoms with Crippen LogP contribution in [0.1, 0.15) is 12.5 Å². The fourth-order valence-corrected chi connectivity index (χ4v) is 2.72. The van der Waals surface area contributed by atoms with Crippen molar-refractivity contribution in [3.05, 3.63) is 40.9 Å². The molecule has 1 aromatic carbocycles. The molecule has 0 bridgehead atoms. The Labute approximate surface area is 106 Å². The van der Waals surface area contributed by atoms with Crippen molar-refractivity contribution in [2.75, 3.05) is 6.54 Å². The molecule has 90 valence electrons. The first-order valence-corrected chi connectivity index (χ1v) is 6.56. The van der Waals surface area contributed by atoms with Gasteiger partial charge in [-0.3, -0.25) is 0 Å². The standard InChI is InChI=1S/C11H11ClN2O2S/c1-8(2)7-14-17(15,16)11-4-3-9(6-13)5-10(11)12/h3-5,14H,1,7H2,2H3. The molecule has 4 nitrogen and oxygen atoms in total. The maximum Gasteiger partial charge on any atom is 0.242 e. The predicted octanol–water partition coefficient (Wildman–Crippen LogP) is 2.07. The highest BCUT2D eigenvalue weighted by atomic mass is 35.5. The molecule has 0 atom stereocenters. The molecular weight excluding hydrogens is 260 g/mol. The normalized spacial score (nSPS) is 10.9. The first-order valence-electron chi connectivity index (χ1n) is 4.70. The van der Waals surface area contributed by atoms with Gasteiger partial charge >= 0.3 is 0 Å². The van der Waals surface area contributed by atoms with Gasteiger partial charge in [0.2, 0.25) is 10.0 Å². The summed E-state index contributed by atoms with van der Waals surface area (Å²) >= 11 is 5.82. The van der Waals surface area contributed by atoms with Crippen LogP contribution in [0.5, 0.6) is 0 Å². The zero-order chi connectivity index (χ0) is 13.1. The third-order valence-corrected chi connectivity index (χ3v) is 3.80. The van der Waals surface area contributed by atoms with Gasteiger partial charge in [-0.15, -0.1) is 0 Å². The Hall–Kier alpha value is -1.35. The number of nitrogens with one attached hydrogen (secondary N) is 1. The minimum Gasteiger partial charge on any atom is -0.207 e. The molecule has 0 aliphatic rings. The van der Waals surface area contributed by atoms with Gasteiger partial charge in [0.05, 0.1) is 16.7 Å². The minimum atomic E-state index is -3.66. The zero-order valence-corrected chi connectivity index (χ0v) is 10.8. The van der Waals surface area contributed by atoms with Crippen molar-refractivity contribution in [3.63, 3.8) is 0 Å². The van der Waals surface area contributed by atoms with Gasteiger partial charge in [-0.1, -0.05) is 23.8 Å². The van der Waals surface area contributed by atoms with Gasteiger partial charge in [0, 0.05) is 6.54 Å². The number of nitrogens with zero attached hydrogens (tertiary/aromatic N) is 1. The van der Waals surface area contributed by atoms with E-state index in [0.29, 0.717) is 11.1 Å². The summed E-state index contributed by atoms with van der Waals surface area (Å²) in [5.41, 5.74) is 1.01. The smallest absolute Gasteiger partial charge is 0.207 e. The molecule has 0 fully saturated rings. The Bertz CT molecular complexity index is 588. The second-order valence-corrected chi connectivity index (χ2v) is 5.68. The Balaban J connectivity index is 3.08. The van der Waals surface area contributed by atoms with E-state index in [1.54, 1.807) is 6.92 Å². The lowest BCUT2D eigenvalue weighted by molar-refractivity contribution is 0.585. The van der Waals surface area contributed by atoms with E-state index in [1.807, 2.05) is 6.07 Å². The Morgan fingerprint density at radius 2 is 2.24 bits per heavy atom. The molecule has 1 N–H and O–H groups in total. The van der Waals surface area contributed by atoms with Crippen LogP contribution in [0, 0.1) is 11.3 Å². The van der Waals surface area contributed by atoms with Crippen LogP contribution in [0.2, 0.25) is 5.02 Å². The van der Waals surface area contributed by atoms with Gasteiger partial charge < -0.3 is 0 Å². The highest BCUT2D eigenvalue weighted by Gasteiger charge is 2.17. The van der Waals surface area contributed by atoms with E-state index in [4.69, 9.17) is 16.9 Å². The van der Waals surface area contributed by atoms with E-state index in [0.717, 1.165) is 0 Å². The number of rotatable bonds is 4. The molecule has 0 saturated heterocycles. The molecule has 0 spiro atoms. The fraction of sp³-hybridized carbons (Fsp3) is 0.182. The van der Waals surface area contributed by atoms with E-state index in [2.05, 4.69) is 11.3 Å². The Morgan fingerprint density at radius 1 is 1.59 bits per heavy atom. The summed E-state index contributed by atoms with van der Waals surface area (Å²) in [5.74, 6) is 0. The van der Waals surface area contributed by atoms with Crippen LogP contribution < -0.4 is 4.72 Å². The molecule has 0 saturated carbocycles. The van der Waals surface area contributed by atoms with Crippen LogP contribution in [0.25, 0.3) is 0 Å². The molecule has 0 unspecified atom stereocenters. The van der Waals surface area contributed by atoms with Crippen LogP contribution in [-0.4, -0.2) is 15.0 Å². The highest BCUT2D eigenvalue weighted by molar-refractivity contribution is 7.89. The summed E-state index contributed by atoms with van der Waals surface area (Å²) < 4.78 is 26.0.